The minimum absolute atomic E-state index is 0.264. The predicted octanol–water partition coefficient (Wildman–Crippen LogP) is 2.01. The lowest BCUT2D eigenvalue weighted by Gasteiger charge is -2.01. The molecule has 0 unspecified atom stereocenters. The number of aryl methyl sites for hydroxylation is 1. The van der Waals surface area contributed by atoms with E-state index in [-0.39, 0.29) is 5.82 Å². The van der Waals surface area contributed by atoms with Gasteiger partial charge >= 0.3 is 0 Å². The SMILES string of the molecule is Cc1cc(C=P)c(N)cc1F. The van der Waals surface area contributed by atoms with E-state index in [4.69, 9.17) is 5.73 Å². The summed E-state index contributed by atoms with van der Waals surface area (Å²) < 4.78 is 12.8. The van der Waals surface area contributed by atoms with Crippen LogP contribution in [-0.4, -0.2) is 5.80 Å². The largest absolute Gasteiger partial charge is 0.398 e. The highest BCUT2D eigenvalue weighted by Crippen LogP contribution is 2.15. The topological polar surface area (TPSA) is 26.0 Å². The highest BCUT2D eigenvalue weighted by molar-refractivity contribution is 7.19. The quantitative estimate of drug-likeness (QED) is 0.505. The number of benzene rings is 1. The van der Waals surface area contributed by atoms with Crippen molar-refractivity contribution in [3.63, 3.8) is 0 Å². The highest BCUT2D eigenvalue weighted by Gasteiger charge is 2.00. The molecule has 0 aliphatic carbocycles. The van der Waals surface area contributed by atoms with E-state index in [1.54, 1.807) is 18.8 Å². The van der Waals surface area contributed by atoms with Crippen LogP contribution in [0.3, 0.4) is 0 Å². The fourth-order valence-corrected chi connectivity index (χ4v) is 1.09. The van der Waals surface area contributed by atoms with Gasteiger partial charge in [0.15, 0.2) is 0 Å². The molecule has 1 aromatic carbocycles. The van der Waals surface area contributed by atoms with E-state index in [1.807, 2.05) is 0 Å². The number of hydrogen-bond donors (Lipinski definition) is 1. The first kappa shape index (κ1) is 8.22. The maximum Gasteiger partial charge on any atom is 0.128 e. The van der Waals surface area contributed by atoms with Gasteiger partial charge in [0, 0.05) is 11.3 Å². The third-order valence-electron chi connectivity index (χ3n) is 1.52. The molecule has 0 amide bonds. The average molecular weight is 169 g/mol. The van der Waals surface area contributed by atoms with Gasteiger partial charge in [0.1, 0.15) is 5.82 Å². The number of anilines is 1. The molecule has 1 nitrogen and oxygen atoms in total. The van der Waals surface area contributed by atoms with Gasteiger partial charge in [-0.2, -0.15) is 0 Å². The minimum atomic E-state index is -0.264. The van der Waals surface area contributed by atoms with E-state index >= 15 is 0 Å². The summed E-state index contributed by atoms with van der Waals surface area (Å²) in [6.45, 7) is 1.70. The summed E-state index contributed by atoms with van der Waals surface area (Å²) in [5, 5.41) is 0. The molecule has 11 heavy (non-hydrogen) atoms. The Labute approximate surface area is 67.3 Å². The molecule has 0 heterocycles. The van der Waals surface area contributed by atoms with E-state index in [0.29, 0.717) is 11.3 Å². The molecule has 0 aromatic heterocycles. The molecule has 1 aromatic rings. The van der Waals surface area contributed by atoms with Gasteiger partial charge in [-0.15, -0.1) is 8.86 Å². The lowest BCUT2D eigenvalue weighted by atomic mass is 10.1. The van der Waals surface area contributed by atoms with Gasteiger partial charge in [-0.1, -0.05) is 0 Å². The van der Waals surface area contributed by atoms with Crippen molar-refractivity contribution in [1.82, 2.24) is 0 Å². The number of halogens is 1. The third-order valence-corrected chi connectivity index (χ3v) is 1.83. The standard InChI is InChI=1S/C8H9FNP/c1-5-2-6(4-11)8(10)3-7(5)9/h2-4,11H,10H2,1H3. The number of nitrogen functional groups attached to an aromatic ring is 1. The summed E-state index contributed by atoms with van der Waals surface area (Å²) in [5.41, 5.74) is 7.35. The van der Waals surface area contributed by atoms with Crippen LogP contribution in [0.2, 0.25) is 0 Å². The van der Waals surface area contributed by atoms with Crippen LogP contribution in [-0.2, 0) is 0 Å². The lowest BCUT2D eigenvalue weighted by molar-refractivity contribution is 0.619. The first-order valence-electron chi connectivity index (χ1n) is 3.21. The molecule has 0 saturated heterocycles. The summed E-state index contributed by atoms with van der Waals surface area (Å²) >= 11 is 0. The number of hydrogen-bond acceptors (Lipinski definition) is 1. The molecule has 0 bridgehead atoms. The van der Waals surface area contributed by atoms with Crippen molar-refractivity contribution in [1.29, 1.82) is 0 Å². The normalized spacial score (nSPS) is 9.64. The third kappa shape index (κ3) is 1.58. The maximum absolute atomic E-state index is 12.8. The zero-order valence-electron chi connectivity index (χ0n) is 6.19. The van der Waals surface area contributed by atoms with Crippen molar-refractivity contribution < 1.29 is 4.39 Å². The molecule has 0 radical (unpaired) electrons. The summed E-state index contributed by atoms with van der Waals surface area (Å²) in [6, 6.07) is 3.01. The van der Waals surface area contributed by atoms with Crippen LogP contribution in [0.25, 0.3) is 0 Å². The van der Waals surface area contributed by atoms with Crippen LogP contribution in [0.1, 0.15) is 11.1 Å². The molecule has 0 aliphatic heterocycles. The Bertz CT molecular complexity index is 296. The van der Waals surface area contributed by atoms with E-state index in [9.17, 15) is 4.39 Å². The summed E-state index contributed by atoms with van der Waals surface area (Å²) in [5.74, 6) is 1.40. The van der Waals surface area contributed by atoms with Crippen LogP contribution in [0.4, 0.5) is 10.1 Å². The molecule has 3 heteroatoms. The van der Waals surface area contributed by atoms with Crippen molar-refractivity contribution in [3.05, 3.63) is 29.1 Å². The van der Waals surface area contributed by atoms with Crippen LogP contribution >= 0.6 is 8.86 Å². The van der Waals surface area contributed by atoms with Gasteiger partial charge in [-0.3, -0.25) is 0 Å². The van der Waals surface area contributed by atoms with Gasteiger partial charge in [0.2, 0.25) is 0 Å². The molecule has 2 N–H and O–H groups in total. The Balaban J connectivity index is 3.31. The lowest BCUT2D eigenvalue weighted by Crippen LogP contribution is -1.95. The number of nitrogens with two attached hydrogens (primary N) is 1. The Hall–Kier alpha value is -0.880. The zero-order chi connectivity index (χ0) is 8.43. The first-order valence-corrected chi connectivity index (χ1v) is 3.79. The van der Waals surface area contributed by atoms with E-state index < -0.39 is 0 Å². The number of rotatable bonds is 1. The molecule has 0 fully saturated rings. The molecule has 0 saturated carbocycles. The summed E-state index contributed by atoms with van der Waals surface area (Å²) in [4.78, 5) is 0. The van der Waals surface area contributed by atoms with Crippen molar-refractivity contribution in [3.8, 4) is 0 Å². The molecule has 0 atom stereocenters. The minimum Gasteiger partial charge on any atom is -0.398 e. The molecule has 58 valence electrons. The Morgan fingerprint density at radius 1 is 1.55 bits per heavy atom. The molecular formula is C8H9FNP. The van der Waals surface area contributed by atoms with Crippen LogP contribution < -0.4 is 5.73 Å². The fourth-order valence-electron chi connectivity index (χ4n) is 0.844. The molecular weight excluding hydrogens is 160 g/mol. The Morgan fingerprint density at radius 3 is 2.73 bits per heavy atom. The van der Waals surface area contributed by atoms with Crippen molar-refractivity contribution in [2.45, 2.75) is 6.92 Å². The fraction of sp³-hybridized carbons (Fsp3) is 0.125. The second-order valence-electron chi connectivity index (χ2n) is 2.37. The first-order chi connectivity index (χ1) is 5.15. The van der Waals surface area contributed by atoms with Crippen molar-refractivity contribution >= 4 is 20.3 Å². The van der Waals surface area contributed by atoms with Crippen molar-refractivity contribution in [2.24, 2.45) is 0 Å². The van der Waals surface area contributed by atoms with Crippen molar-refractivity contribution in [2.75, 3.05) is 5.73 Å². The van der Waals surface area contributed by atoms with Gasteiger partial charge in [-0.25, -0.2) is 4.39 Å². The maximum atomic E-state index is 12.8. The van der Waals surface area contributed by atoms with Crippen LogP contribution in [0.15, 0.2) is 12.1 Å². The van der Waals surface area contributed by atoms with Crippen LogP contribution in [0.5, 0.6) is 0 Å². The highest BCUT2D eigenvalue weighted by atomic mass is 31.0. The van der Waals surface area contributed by atoms with Gasteiger partial charge < -0.3 is 5.73 Å². The van der Waals surface area contributed by atoms with E-state index in [0.717, 1.165) is 5.56 Å². The van der Waals surface area contributed by atoms with Gasteiger partial charge in [-0.05, 0) is 30.4 Å². The zero-order valence-corrected chi connectivity index (χ0v) is 7.19. The average Bonchev–Trinajstić information content (AvgIpc) is 1.97. The van der Waals surface area contributed by atoms with Gasteiger partial charge in [0.05, 0.1) is 0 Å². The molecule has 1 rings (SSSR count). The van der Waals surface area contributed by atoms with E-state index in [2.05, 4.69) is 8.86 Å². The second-order valence-corrected chi connectivity index (χ2v) is 2.66. The smallest absolute Gasteiger partial charge is 0.128 e. The molecule has 0 spiro atoms. The Morgan fingerprint density at radius 2 is 2.18 bits per heavy atom. The van der Waals surface area contributed by atoms with Crippen LogP contribution in [0, 0.1) is 12.7 Å². The van der Waals surface area contributed by atoms with Gasteiger partial charge in [0.25, 0.3) is 0 Å². The van der Waals surface area contributed by atoms with E-state index in [1.165, 1.54) is 6.07 Å². The predicted molar refractivity (Wildman–Crippen MR) is 49.0 cm³/mol. The monoisotopic (exact) mass is 169 g/mol. The summed E-state index contributed by atoms with van der Waals surface area (Å²) in [6.07, 6.45) is 0. The second kappa shape index (κ2) is 3.02. The molecule has 0 aliphatic rings. The summed E-state index contributed by atoms with van der Waals surface area (Å²) in [7, 11) is 3.19. The Kier molecular flexibility index (Phi) is 2.25.